The van der Waals surface area contributed by atoms with E-state index in [0.717, 1.165) is 6.54 Å². The first-order chi connectivity index (χ1) is 6.72. The van der Waals surface area contributed by atoms with Gasteiger partial charge in [-0.2, -0.15) is 0 Å². The van der Waals surface area contributed by atoms with Gasteiger partial charge in [0.25, 0.3) is 0 Å². The molecule has 0 aliphatic carbocycles. The molecule has 1 aromatic rings. The molecule has 0 fully saturated rings. The van der Waals surface area contributed by atoms with Gasteiger partial charge in [0.15, 0.2) is 0 Å². The Morgan fingerprint density at radius 3 is 3.00 bits per heavy atom. The Labute approximate surface area is 98.9 Å². The number of aryl methyl sites for hydroxylation is 1. The zero-order valence-corrected chi connectivity index (χ0v) is 10.5. The van der Waals surface area contributed by atoms with Gasteiger partial charge in [-0.25, -0.2) is 0 Å². The molecule has 0 N–H and O–H groups in total. The minimum absolute atomic E-state index is 1.16. The summed E-state index contributed by atoms with van der Waals surface area (Å²) in [6.07, 6.45) is 4.43. The van der Waals surface area contributed by atoms with E-state index < -0.39 is 0 Å². The minimum atomic E-state index is 1.16. The topological polar surface area (TPSA) is 3.24 Å². The maximum absolute atomic E-state index is 3.88. The first kappa shape index (κ1) is 10.0. The number of rotatable bonds is 1. The highest BCUT2D eigenvalue weighted by molar-refractivity contribution is 14.1. The van der Waals surface area contributed by atoms with Crippen LogP contribution in [0.25, 0.3) is 6.08 Å². The summed E-state index contributed by atoms with van der Waals surface area (Å²) in [5.41, 5.74) is 4.13. The van der Waals surface area contributed by atoms with Gasteiger partial charge in [-0.15, -0.1) is 0 Å². The van der Waals surface area contributed by atoms with Crippen LogP contribution in [0, 0.1) is 3.57 Å². The molecule has 1 nitrogen and oxygen atoms in total. The molecule has 0 saturated heterocycles. The molecule has 2 rings (SSSR count). The van der Waals surface area contributed by atoms with E-state index in [1.54, 1.807) is 0 Å². The first-order valence-electron chi connectivity index (χ1n) is 4.88. The third kappa shape index (κ3) is 1.67. The van der Waals surface area contributed by atoms with Crippen LogP contribution in [0.4, 0.5) is 5.69 Å². The lowest BCUT2D eigenvalue weighted by Crippen LogP contribution is -2.25. The van der Waals surface area contributed by atoms with Crippen LogP contribution in [-0.4, -0.2) is 13.6 Å². The van der Waals surface area contributed by atoms with Crippen LogP contribution in [0.2, 0.25) is 0 Å². The number of anilines is 1. The smallest absolute Gasteiger partial charge is 0.0470 e. The second kappa shape index (κ2) is 3.93. The summed E-state index contributed by atoms with van der Waals surface area (Å²) in [6.45, 7) is 5.05. The predicted octanol–water partition coefficient (Wildman–Crippen LogP) is 3.32. The third-order valence-corrected chi connectivity index (χ3v) is 3.35. The molecule has 74 valence electrons. The van der Waals surface area contributed by atoms with Crippen molar-refractivity contribution < 1.29 is 0 Å². The van der Waals surface area contributed by atoms with Crippen molar-refractivity contribution >= 4 is 34.4 Å². The molecule has 0 bridgehead atoms. The highest BCUT2D eigenvalue weighted by Gasteiger charge is 2.16. The molecule has 1 aliphatic rings. The first-order valence-corrected chi connectivity index (χ1v) is 5.96. The van der Waals surface area contributed by atoms with Crippen LogP contribution < -0.4 is 4.90 Å². The number of hydrogen-bond acceptors (Lipinski definition) is 1. The average molecular weight is 299 g/mol. The quantitative estimate of drug-likeness (QED) is 0.719. The number of nitrogens with zero attached hydrogens (tertiary/aromatic N) is 1. The van der Waals surface area contributed by atoms with Gasteiger partial charge in [-0.1, -0.05) is 12.7 Å². The van der Waals surface area contributed by atoms with E-state index in [1.807, 2.05) is 6.08 Å². The monoisotopic (exact) mass is 299 g/mol. The van der Waals surface area contributed by atoms with Crippen LogP contribution in [-0.2, 0) is 6.42 Å². The zero-order chi connectivity index (χ0) is 10.1. The molecule has 1 aromatic carbocycles. The fourth-order valence-corrected chi connectivity index (χ4v) is 2.82. The molecule has 14 heavy (non-hydrogen) atoms. The number of fused-ring (bicyclic) bond motifs is 1. The van der Waals surface area contributed by atoms with Crippen molar-refractivity contribution in [1.82, 2.24) is 0 Å². The van der Waals surface area contributed by atoms with Gasteiger partial charge in [0, 0.05) is 22.8 Å². The van der Waals surface area contributed by atoms with Gasteiger partial charge in [-0.3, -0.25) is 0 Å². The Morgan fingerprint density at radius 2 is 2.29 bits per heavy atom. The van der Waals surface area contributed by atoms with Crippen molar-refractivity contribution in [2.24, 2.45) is 0 Å². The van der Waals surface area contributed by atoms with Crippen molar-refractivity contribution in [1.29, 1.82) is 0 Å². The molecule has 0 aromatic heterocycles. The van der Waals surface area contributed by atoms with E-state index in [2.05, 4.69) is 53.3 Å². The summed E-state index contributed by atoms with van der Waals surface area (Å²) in [5, 5.41) is 0. The van der Waals surface area contributed by atoms with E-state index in [-0.39, 0.29) is 0 Å². The standard InChI is InChI=1S/C12H14IN/c1-3-9-7-11(13)8-10-5-4-6-14(2)12(9)10/h3,7-8H,1,4-6H2,2H3. The maximum atomic E-state index is 3.88. The molecule has 0 saturated carbocycles. The fraction of sp³-hybridized carbons (Fsp3) is 0.333. The molecule has 2 heteroatoms. The fourth-order valence-electron chi connectivity index (χ4n) is 2.11. The largest absolute Gasteiger partial charge is 0.374 e. The van der Waals surface area contributed by atoms with Crippen LogP contribution >= 0.6 is 22.6 Å². The average Bonchev–Trinajstić information content (AvgIpc) is 2.16. The predicted molar refractivity (Wildman–Crippen MR) is 70.8 cm³/mol. The molecule has 0 unspecified atom stereocenters. The summed E-state index contributed by atoms with van der Waals surface area (Å²) >= 11 is 2.38. The summed E-state index contributed by atoms with van der Waals surface area (Å²) in [6, 6.07) is 4.49. The van der Waals surface area contributed by atoms with Crippen molar-refractivity contribution in [3.8, 4) is 0 Å². The normalized spacial score (nSPS) is 15.1. The zero-order valence-electron chi connectivity index (χ0n) is 8.39. The van der Waals surface area contributed by atoms with Crippen LogP contribution in [0.1, 0.15) is 17.5 Å². The highest BCUT2D eigenvalue weighted by atomic mass is 127. The lowest BCUT2D eigenvalue weighted by atomic mass is 9.98. The van der Waals surface area contributed by atoms with Gasteiger partial charge >= 0.3 is 0 Å². The summed E-state index contributed by atoms with van der Waals surface area (Å²) in [7, 11) is 2.16. The molecular weight excluding hydrogens is 285 g/mol. The highest BCUT2D eigenvalue weighted by Crippen LogP contribution is 2.32. The maximum Gasteiger partial charge on any atom is 0.0470 e. The number of hydrogen-bond donors (Lipinski definition) is 0. The SMILES string of the molecule is C=Cc1cc(I)cc2c1N(C)CCC2. The van der Waals surface area contributed by atoms with Gasteiger partial charge in [0.2, 0.25) is 0 Å². The van der Waals surface area contributed by atoms with E-state index in [4.69, 9.17) is 0 Å². The second-order valence-corrected chi connectivity index (χ2v) is 4.98. The van der Waals surface area contributed by atoms with Gasteiger partial charge in [-0.05, 0) is 58.7 Å². The Balaban J connectivity index is 2.61. The van der Waals surface area contributed by atoms with Gasteiger partial charge in [0.1, 0.15) is 0 Å². The van der Waals surface area contributed by atoms with Gasteiger partial charge in [0.05, 0.1) is 0 Å². The number of benzene rings is 1. The molecular formula is C12H14IN. The minimum Gasteiger partial charge on any atom is -0.374 e. The Morgan fingerprint density at radius 1 is 1.50 bits per heavy atom. The molecule has 1 aliphatic heterocycles. The van der Waals surface area contributed by atoms with Crippen LogP contribution in [0.5, 0.6) is 0 Å². The van der Waals surface area contributed by atoms with Crippen LogP contribution in [0.15, 0.2) is 18.7 Å². The van der Waals surface area contributed by atoms with Crippen molar-refractivity contribution in [3.05, 3.63) is 33.4 Å². The lowest BCUT2D eigenvalue weighted by molar-refractivity contribution is 0.743. The van der Waals surface area contributed by atoms with Crippen molar-refractivity contribution in [2.45, 2.75) is 12.8 Å². The number of halogens is 1. The summed E-state index contributed by atoms with van der Waals surface area (Å²) in [5.74, 6) is 0. The third-order valence-electron chi connectivity index (χ3n) is 2.72. The summed E-state index contributed by atoms with van der Waals surface area (Å²) in [4.78, 5) is 2.34. The lowest BCUT2D eigenvalue weighted by Gasteiger charge is -2.29. The molecule has 0 radical (unpaired) electrons. The Kier molecular flexibility index (Phi) is 2.81. The van der Waals surface area contributed by atoms with Crippen LogP contribution in [0.3, 0.4) is 0 Å². The molecule has 0 spiro atoms. The Bertz CT molecular complexity index is 371. The van der Waals surface area contributed by atoms with E-state index in [0.29, 0.717) is 0 Å². The van der Waals surface area contributed by atoms with Gasteiger partial charge < -0.3 is 4.90 Å². The van der Waals surface area contributed by atoms with Crippen molar-refractivity contribution in [3.63, 3.8) is 0 Å². The summed E-state index contributed by atoms with van der Waals surface area (Å²) < 4.78 is 1.31. The van der Waals surface area contributed by atoms with E-state index >= 15 is 0 Å². The van der Waals surface area contributed by atoms with E-state index in [9.17, 15) is 0 Å². The molecule has 0 amide bonds. The second-order valence-electron chi connectivity index (χ2n) is 3.73. The molecule has 0 atom stereocenters. The molecule has 1 heterocycles. The van der Waals surface area contributed by atoms with Crippen molar-refractivity contribution in [2.75, 3.05) is 18.5 Å². The van der Waals surface area contributed by atoms with E-state index in [1.165, 1.54) is 33.2 Å². The Hall–Kier alpha value is -0.510.